The lowest BCUT2D eigenvalue weighted by molar-refractivity contribution is 0.0994. The summed E-state index contributed by atoms with van der Waals surface area (Å²) in [6.07, 6.45) is 4.90. The van der Waals surface area contributed by atoms with E-state index < -0.39 is 5.91 Å². The third-order valence-corrected chi connectivity index (χ3v) is 3.75. The predicted octanol–water partition coefficient (Wildman–Crippen LogP) is 1.96. The van der Waals surface area contributed by atoms with Crippen LogP contribution in [0.25, 0.3) is 0 Å². The van der Waals surface area contributed by atoms with Gasteiger partial charge >= 0.3 is 0 Å². The van der Waals surface area contributed by atoms with Crippen molar-refractivity contribution in [2.24, 2.45) is 11.1 Å². The Balaban J connectivity index is 2.06. The van der Waals surface area contributed by atoms with E-state index in [1.165, 1.54) is 19.3 Å². The van der Waals surface area contributed by atoms with Gasteiger partial charge in [0.2, 0.25) is 0 Å². The molecule has 0 radical (unpaired) electrons. The molecule has 5 nitrogen and oxygen atoms in total. The Morgan fingerprint density at radius 3 is 2.72 bits per heavy atom. The fourth-order valence-corrected chi connectivity index (χ4v) is 2.48. The maximum Gasteiger partial charge on any atom is 0.269 e. The second-order valence-electron chi connectivity index (χ2n) is 5.60. The molecule has 0 aromatic carbocycles. The molecule has 98 valence electrons. The molecule has 1 atom stereocenters. The van der Waals surface area contributed by atoms with Gasteiger partial charge in [0.25, 0.3) is 5.91 Å². The zero-order chi connectivity index (χ0) is 13.2. The number of aromatic nitrogens is 2. The van der Waals surface area contributed by atoms with Gasteiger partial charge in [-0.1, -0.05) is 26.7 Å². The number of rotatable bonds is 3. The van der Waals surface area contributed by atoms with Crippen LogP contribution in [0.1, 0.15) is 50.0 Å². The summed E-state index contributed by atoms with van der Waals surface area (Å²) in [5.74, 6) is 0.159. The average Bonchev–Trinajstić information content (AvgIpc) is 2.32. The van der Waals surface area contributed by atoms with E-state index in [0.29, 0.717) is 11.9 Å². The fraction of sp³-hybridized carbons (Fsp3) is 0.615. The van der Waals surface area contributed by atoms with E-state index >= 15 is 0 Å². The second-order valence-corrected chi connectivity index (χ2v) is 5.60. The van der Waals surface area contributed by atoms with Crippen LogP contribution in [0.3, 0.4) is 0 Å². The lowest BCUT2D eigenvalue weighted by atomic mass is 9.73. The Morgan fingerprint density at radius 1 is 1.39 bits per heavy atom. The maximum atomic E-state index is 10.9. The molecule has 1 amide bonds. The smallest absolute Gasteiger partial charge is 0.269 e. The number of nitrogens with two attached hydrogens (primary N) is 1. The molecule has 0 aliphatic heterocycles. The molecular weight excluding hydrogens is 228 g/mol. The van der Waals surface area contributed by atoms with Crippen LogP contribution in [0.15, 0.2) is 12.1 Å². The number of nitrogens with zero attached hydrogens (tertiary/aromatic N) is 2. The van der Waals surface area contributed by atoms with Gasteiger partial charge in [0.15, 0.2) is 5.69 Å². The molecule has 1 unspecified atom stereocenters. The molecule has 0 bridgehead atoms. The van der Waals surface area contributed by atoms with Gasteiger partial charge in [-0.25, -0.2) is 0 Å². The van der Waals surface area contributed by atoms with Gasteiger partial charge in [0, 0.05) is 6.04 Å². The van der Waals surface area contributed by atoms with E-state index in [4.69, 9.17) is 5.73 Å². The van der Waals surface area contributed by atoms with E-state index in [0.717, 1.165) is 6.42 Å². The molecule has 2 rings (SSSR count). The molecule has 5 heteroatoms. The zero-order valence-electron chi connectivity index (χ0n) is 10.9. The van der Waals surface area contributed by atoms with Crippen molar-refractivity contribution in [2.45, 2.75) is 45.6 Å². The van der Waals surface area contributed by atoms with Crippen LogP contribution in [0, 0.1) is 5.41 Å². The summed E-state index contributed by atoms with van der Waals surface area (Å²) in [5, 5.41) is 11.2. The molecule has 0 saturated heterocycles. The van der Waals surface area contributed by atoms with Crippen molar-refractivity contribution in [3.8, 4) is 0 Å². The van der Waals surface area contributed by atoms with E-state index in [9.17, 15) is 4.79 Å². The highest BCUT2D eigenvalue weighted by Crippen LogP contribution is 2.36. The molecule has 1 heterocycles. The van der Waals surface area contributed by atoms with Crippen molar-refractivity contribution in [2.75, 3.05) is 5.32 Å². The number of carbonyl (C=O) groups is 1. The topological polar surface area (TPSA) is 80.9 Å². The first-order valence-corrected chi connectivity index (χ1v) is 6.39. The number of primary amides is 1. The van der Waals surface area contributed by atoms with Gasteiger partial charge in [-0.05, 0) is 30.4 Å². The van der Waals surface area contributed by atoms with E-state index in [1.807, 2.05) is 0 Å². The number of anilines is 1. The first-order valence-electron chi connectivity index (χ1n) is 6.39. The molecule has 1 fully saturated rings. The highest BCUT2D eigenvalue weighted by molar-refractivity contribution is 5.90. The van der Waals surface area contributed by atoms with Crippen LogP contribution in [-0.4, -0.2) is 22.1 Å². The molecule has 1 aromatic rings. The van der Waals surface area contributed by atoms with Crippen LogP contribution >= 0.6 is 0 Å². The Bertz CT molecular complexity index is 427. The number of nitrogens with one attached hydrogen (secondary N) is 1. The Morgan fingerprint density at radius 2 is 2.17 bits per heavy atom. The van der Waals surface area contributed by atoms with E-state index in [-0.39, 0.29) is 11.1 Å². The minimum Gasteiger partial charge on any atom is -0.365 e. The summed E-state index contributed by atoms with van der Waals surface area (Å²) in [5.41, 5.74) is 5.59. The molecule has 0 spiro atoms. The molecule has 1 aromatic heterocycles. The first-order chi connectivity index (χ1) is 8.49. The van der Waals surface area contributed by atoms with Crippen molar-refractivity contribution < 1.29 is 4.79 Å². The highest BCUT2D eigenvalue weighted by atomic mass is 16.1. The summed E-state index contributed by atoms with van der Waals surface area (Å²) in [7, 11) is 0. The third kappa shape index (κ3) is 2.78. The molecule has 18 heavy (non-hydrogen) atoms. The van der Waals surface area contributed by atoms with Gasteiger partial charge in [-0.15, -0.1) is 10.2 Å². The number of carbonyl (C=O) groups excluding carboxylic acids is 1. The van der Waals surface area contributed by atoms with Crippen LogP contribution in [0.5, 0.6) is 0 Å². The van der Waals surface area contributed by atoms with Crippen molar-refractivity contribution in [1.82, 2.24) is 10.2 Å². The van der Waals surface area contributed by atoms with E-state index in [2.05, 4.69) is 29.4 Å². The molecule has 1 aliphatic rings. The first kappa shape index (κ1) is 12.8. The predicted molar refractivity (Wildman–Crippen MR) is 70.2 cm³/mol. The van der Waals surface area contributed by atoms with Gasteiger partial charge in [-0.3, -0.25) is 4.79 Å². The van der Waals surface area contributed by atoms with Crippen molar-refractivity contribution in [1.29, 1.82) is 0 Å². The Hall–Kier alpha value is -1.65. The second kappa shape index (κ2) is 4.92. The molecule has 3 N–H and O–H groups in total. The average molecular weight is 248 g/mol. The summed E-state index contributed by atoms with van der Waals surface area (Å²) in [6, 6.07) is 3.77. The number of hydrogen-bond donors (Lipinski definition) is 2. The largest absolute Gasteiger partial charge is 0.365 e. The SMILES string of the molecule is CC1(C)CCCCC1Nc1ccc(C(N)=O)nn1. The summed E-state index contributed by atoms with van der Waals surface area (Å²) >= 11 is 0. The van der Waals surface area contributed by atoms with Crippen LogP contribution < -0.4 is 11.1 Å². The molecular formula is C13H20N4O. The lowest BCUT2D eigenvalue weighted by Gasteiger charge is -2.39. The fourth-order valence-electron chi connectivity index (χ4n) is 2.48. The third-order valence-electron chi connectivity index (χ3n) is 3.75. The normalized spacial score (nSPS) is 22.4. The number of hydrogen-bond acceptors (Lipinski definition) is 4. The minimum absolute atomic E-state index is 0.198. The quantitative estimate of drug-likeness (QED) is 0.856. The maximum absolute atomic E-state index is 10.9. The lowest BCUT2D eigenvalue weighted by Crippen LogP contribution is -2.39. The van der Waals surface area contributed by atoms with Gasteiger partial charge in [0.1, 0.15) is 5.82 Å². The van der Waals surface area contributed by atoms with Crippen molar-refractivity contribution >= 4 is 11.7 Å². The Labute approximate surface area is 107 Å². The van der Waals surface area contributed by atoms with Gasteiger partial charge < -0.3 is 11.1 Å². The van der Waals surface area contributed by atoms with Crippen LogP contribution in [-0.2, 0) is 0 Å². The summed E-state index contributed by atoms with van der Waals surface area (Å²) in [4.78, 5) is 10.9. The minimum atomic E-state index is -0.549. The monoisotopic (exact) mass is 248 g/mol. The summed E-state index contributed by atoms with van der Waals surface area (Å²) in [6.45, 7) is 4.55. The molecule has 1 aliphatic carbocycles. The van der Waals surface area contributed by atoms with E-state index in [1.54, 1.807) is 12.1 Å². The summed E-state index contributed by atoms with van der Waals surface area (Å²) < 4.78 is 0. The van der Waals surface area contributed by atoms with Crippen molar-refractivity contribution in [3.05, 3.63) is 17.8 Å². The number of amides is 1. The van der Waals surface area contributed by atoms with Crippen molar-refractivity contribution in [3.63, 3.8) is 0 Å². The van der Waals surface area contributed by atoms with Crippen LogP contribution in [0.4, 0.5) is 5.82 Å². The van der Waals surface area contributed by atoms with Gasteiger partial charge in [0.05, 0.1) is 0 Å². The standard InChI is InChI=1S/C13H20N4O/c1-13(2)8-4-3-5-10(13)15-11-7-6-9(12(14)18)16-17-11/h6-7,10H,3-5,8H2,1-2H3,(H2,14,18)(H,15,17). The zero-order valence-corrected chi connectivity index (χ0v) is 10.9. The highest BCUT2D eigenvalue weighted by Gasteiger charge is 2.32. The molecule has 1 saturated carbocycles. The van der Waals surface area contributed by atoms with Gasteiger partial charge in [-0.2, -0.15) is 0 Å². The van der Waals surface area contributed by atoms with Crippen LogP contribution in [0.2, 0.25) is 0 Å². The Kier molecular flexibility index (Phi) is 3.50.